The molecule has 0 saturated carbocycles. The van der Waals surface area contributed by atoms with Crippen LogP contribution in [0.3, 0.4) is 0 Å². The molecule has 0 saturated heterocycles. The minimum atomic E-state index is -0.318. The van der Waals surface area contributed by atoms with Gasteiger partial charge in [-0.2, -0.15) is 0 Å². The van der Waals surface area contributed by atoms with Gasteiger partial charge < -0.3 is 5.32 Å². The van der Waals surface area contributed by atoms with E-state index in [-0.39, 0.29) is 17.7 Å². The van der Waals surface area contributed by atoms with Crippen LogP contribution < -0.4 is 10.2 Å². The maximum absolute atomic E-state index is 11.7. The van der Waals surface area contributed by atoms with Gasteiger partial charge in [0, 0.05) is 24.8 Å². The molecule has 1 heterocycles. The number of hydrogen-bond donors (Lipinski definition) is 1. The number of carbonyl (C=O) groups is 3. The Morgan fingerprint density at radius 2 is 1.38 bits per heavy atom. The largest absolute Gasteiger partial charge is 0.326 e. The molecule has 0 fully saturated rings. The van der Waals surface area contributed by atoms with E-state index in [0.29, 0.717) is 5.69 Å². The Labute approximate surface area is 139 Å². The van der Waals surface area contributed by atoms with Crippen molar-refractivity contribution in [2.45, 2.75) is 13.3 Å². The fourth-order valence-electron chi connectivity index (χ4n) is 2.56. The molecule has 5 heteroatoms. The first kappa shape index (κ1) is 15.7. The van der Waals surface area contributed by atoms with Gasteiger partial charge in [0.15, 0.2) is 0 Å². The van der Waals surface area contributed by atoms with E-state index in [0.717, 1.165) is 28.1 Å². The van der Waals surface area contributed by atoms with E-state index in [1.54, 1.807) is 12.1 Å². The molecule has 0 radical (unpaired) electrons. The topological polar surface area (TPSA) is 66.5 Å². The van der Waals surface area contributed by atoms with Crippen LogP contribution >= 0.6 is 0 Å². The van der Waals surface area contributed by atoms with E-state index in [4.69, 9.17) is 0 Å². The van der Waals surface area contributed by atoms with Gasteiger partial charge in [0.25, 0.3) is 11.8 Å². The summed E-state index contributed by atoms with van der Waals surface area (Å²) >= 11 is 0. The molecular weight excluding hydrogens is 304 g/mol. The maximum Gasteiger partial charge on any atom is 0.258 e. The predicted molar refractivity (Wildman–Crippen MR) is 91.6 cm³/mol. The Kier molecular flexibility index (Phi) is 4.24. The lowest BCUT2D eigenvalue weighted by molar-refractivity contribution is -0.120. The zero-order valence-electron chi connectivity index (χ0n) is 13.2. The molecule has 120 valence electrons. The van der Waals surface area contributed by atoms with Crippen LogP contribution in [0.1, 0.15) is 18.1 Å². The third kappa shape index (κ3) is 3.41. The first-order valence-corrected chi connectivity index (χ1v) is 7.54. The zero-order valence-corrected chi connectivity index (χ0v) is 13.2. The van der Waals surface area contributed by atoms with Crippen molar-refractivity contribution in [1.82, 2.24) is 0 Å². The van der Waals surface area contributed by atoms with Crippen molar-refractivity contribution in [2.24, 2.45) is 0 Å². The molecule has 0 bridgehead atoms. The second kappa shape index (κ2) is 6.50. The summed E-state index contributed by atoms with van der Waals surface area (Å²) in [4.78, 5) is 35.5. The Bertz CT molecular complexity index is 803. The number of benzene rings is 2. The van der Waals surface area contributed by atoms with Crippen molar-refractivity contribution >= 4 is 29.1 Å². The van der Waals surface area contributed by atoms with Crippen molar-refractivity contribution in [1.29, 1.82) is 0 Å². The van der Waals surface area contributed by atoms with Gasteiger partial charge in [-0.3, -0.25) is 14.4 Å². The minimum Gasteiger partial charge on any atom is -0.326 e. The van der Waals surface area contributed by atoms with Crippen LogP contribution in [0.25, 0.3) is 0 Å². The van der Waals surface area contributed by atoms with Crippen LogP contribution in [0.4, 0.5) is 11.4 Å². The van der Waals surface area contributed by atoms with Crippen molar-refractivity contribution in [3.8, 4) is 0 Å². The number of rotatable bonds is 4. The molecule has 24 heavy (non-hydrogen) atoms. The summed E-state index contributed by atoms with van der Waals surface area (Å²) in [6.07, 6.45) is 3.26. The molecule has 0 aliphatic carbocycles. The van der Waals surface area contributed by atoms with E-state index in [1.807, 2.05) is 36.4 Å². The third-order valence-corrected chi connectivity index (χ3v) is 3.69. The standard InChI is InChI=1S/C19H16N2O3/c1-13(22)20-16-6-2-14(3-7-16)12-15-4-8-17(9-5-15)21-18(23)10-11-19(21)24/h2-11H,12H2,1H3,(H,20,22). The number of imide groups is 1. The molecule has 2 aromatic rings. The van der Waals surface area contributed by atoms with E-state index in [9.17, 15) is 14.4 Å². The summed E-state index contributed by atoms with van der Waals surface area (Å²) in [5.41, 5.74) is 3.50. The molecule has 0 atom stereocenters. The van der Waals surface area contributed by atoms with Crippen LogP contribution in [0.5, 0.6) is 0 Å². The molecule has 1 N–H and O–H groups in total. The van der Waals surface area contributed by atoms with Crippen LogP contribution in [0, 0.1) is 0 Å². The number of nitrogens with one attached hydrogen (secondary N) is 1. The zero-order chi connectivity index (χ0) is 17.1. The summed E-state index contributed by atoms with van der Waals surface area (Å²) in [5.74, 6) is -0.735. The number of carbonyl (C=O) groups excluding carboxylic acids is 3. The molecule has 0 aromatic heterocycles. The average molecular weight is 320 g/mol. The fourth-order valence-corrected chi connectivity index (χ4v) is 2.56. The summed E-state index contributed by atoms with van der Waals surface area (Å²) in [6, 6.07) is 15.0. The van der Waals surface area contributed by atoms with Crippen LogP contribution in [-0.4, -0.2) is 17.7 Å². The quantitative estimate of drug-likeness (QED) is 0.881. The van der Waals surface area contributed by atoms with Gasteiger partial charge in [-0.1, -0.05) is 24.3 Å². The van der Waals surface area contributed by atoms with Crippen LogP contribution in [0.15, 0.2) is 60.7 Å². The molecule has 5 nitrogen and oxygen atoms in total. The summed E-state index contributed by atoms with van der Waals surface area (Å²) in [5, 5.41) is 2.73. The molecule has 3 amide bonds. The maximum atomic E-state index is 11.7. The number of nitrogens with zero attached hydrogens (tertiary/aromatic N) is 1. The van der Waals surface area contributed by atoms with E-state index < -0.39 is 0 Å². The van der Waals surface area contributed by atoms with Gasteiger partial charge in [0.05, 0.1) is 5.69 Å². The van der Waals surface area contributed by atoms with Crippen molar-refractivity contribution in [3.05, 3.63) is 71.8 Å². The van der Waals surface area contributed by atoms with E-state index in [2.05, 4.69) is 5.32 Å². The third-order valence-electron chi connectivity index (χ3n) is 3.69. The Balaban J connectivity index is 1.69. The molecule has 1 aliphatic rings. The van der Waals surface area contributed by atoms with Gasteiger partial charge >= 0.3 is 0 Å². The SMILES string of the molecule is CC(=O)Nc1ccc(Cc2ccc(N3C(=O)C=CC3=O)cc2)cc1. The van der Waals surface area contributed by atoms with E-state index in [1.165, 1.54) is 19.1 Å². The van der Waals surface area contributed by atoms with Gasteiger partial charge in [-0.25, -0.2) is 4.90 Å². The van der Waals surface area contributed by atoms with Crippen molar-refractivity contribution < 1.29 is 14.4 Å². The number of amides is 3. The smallest absolute Gasteiger partial charge is 0.258 e. The number of anilines is 2. The van der Waals surface area contributed by atoms with Crippen molar-refractivity contribution in [3.63, 3.8) is 0 Å². The lowest BCUT2D eigenvalue weighted by Crippen LogP contribution is -2.29. The minimum absolute atomic E-state index is 0.0983. The molecular formula is C19H16N2O3. The molecule has 0 spiro atoms. The van der Waals surface area contributed by atoms with Crippen molar-refractivity contribution in [2.75, 3.05) is 10.2 Å². The van der Waals surface area contributed by atoms with Crippen LogP contribution in [-0.2, 0) is 20.8 Å². The molecule has 0 unspecified atom stereocenters. The number of hydrogen-bond acceptors (Lipinski definition) is 3. The lowest BCUT2D eigenvalue weighted by atomic mass is 10.0. The fraction of sp³-hybridized carbons (Fsp3) is 0.105. The monoisotopic (exact) mass is 320 g/mol. The first-order valence-electron chi connectivity index (χ1n) is 7.54. The van der Waals surface area contributed by atoms with Gasteiger partial charge in [-0.15, -0.1) is 0 Å². The second-order valence-electron chi connectivity index (χ2n) is 5.57. The Hall–Kier alpha value is -3.21. The summed E-state index contributed by atoms with van der Waals surface area (Å²) < 4.78 is 0. The highest BCUT2D eigenvalue weighted by molar-refractivity contribution is 6.28. The summed E-state index contributed by atoms with van der Waals surface area (Å²) in [7, 11) is 0. The second-order valence-corrected chi connectivity index (χ2v) is 5.57. The van der Waals surface area contributed by atoms with E-state index >= 15 is 0 Å². The average Bonchev–Trinajstić information content (AvgIpc) is 2.89. The van der Waals surface area contributed by atoms with Gasteiger partial charge in [0.2, 0.25) is 5.91 Å². The van der Waals surface area contributed by atoms with Crippen LogP contribution in [0.2, 0.25) is 0 Å². The Morgan fingerprint density at radius 3 is 1.88 bits per heavy atom. The first-order chi connectivity index (χ1) is 11.5. The van der Waals surface area contributed by atoms with Gasteiger partial charge in [0.1, 0.15) is 0 Å². The normalized spacial score (nSPS) is 13.5. The van der Waals surface area contributed by atoms with Gasteiger partial charge in [-0.05, 0) is 41.8 Å². The highest BCUT2D eigenvalue weighted by atomic mass is 16.2. The highest BCUT2D eigenvalue weighted by Crippen LogP contribution is 2.21. The molecule has 3 rings (SSSR count). The Morgan fingerprint density at radius 1 is 0.875 bits per heavy atom. The molecule has 1 aliphatic heterocycles. The summed E-state index contributed by atoms with van der Waals surface area (Å²) in [6.45, 7) is 1.47. The highest BCUT2D eigenvalue weighted by Gasteiger charge is 2.24. The predicted octanol–water partition coefficient (Wildman–Crippen LogP) is 2.67. The molecule has 2 aromatic carbocycles. The lowest BCUT2D eigenvalue weighted by Gasteiger charge is -2.14.